The van der Waals surface area contributed by atoms with Crippen molar-refractivity contribution in [3.63, 3.8) is 0 Å². The molecule has 6 heteroatoms. The molecule has 1 fully saturated rings. The van der Waals surface area contributed by atoms with Crippen LogP contribution in [-0.4, -0.2) is 22.8 Å². The molecular formula is C24H24N2O4. The number of hydrogen-bond donors (Lipinski definition) is 2. The summed E-state index contributed by atoms with van der Waals surface area (Å²) in [6, 6.07) is 17.2. The molecule has 0 atom stereocenters. The third kappa shape index (κ3) is 3.19. The zero-order valence-corrected chi connectivity index (χ0v) is 16.6. The van der Waals surface area contributed by atoms with Crippen LogP contribution in [0.4, 0.5) is 5.82 Å². The van der Waals surface area contributed by atoms with Crippen LogP contribution in [0.1, 0.15) is 31.1 Å². The van der Waals surface area contributed by atoms with Crippen molar-refractivity contribution in [3.8, 4) is 22.6 Å². The largest absolute Gasteiger partial charge is 0.454 e. The Morgan fingerprint density at radius 1 is 1.10 bits per heavy atom. The zero-order valence-electron chi connectivity index (χ0n) is 16.6. The number of aliphatic hydroxyl groups is 1. The summed E-state index contributed by atoms with van der Waals surface area (Å²) < 4.78 is 10.8. The van der Waals surface area contributed by atoms with Crippen molar-refractivity contribution < 1.29 is 20.8 Å². The van der Waals surface area contributed by atoms with Gasteiger partial charge in [0.1, 0.15) is 5.82 Å². The summed E-state index contributed by atoms with van der Waals surface area (Å²) in [5.41, 5.74) is 4.13. The van der Waals surface area contributed by atoms with Gasteiger partial charge in [-0.1, -0.05) is 30.3 Å². The van der Waals surface area contributed by atoms with Gasteiger partial charge >= 0.3 is 0 Å². The summed E-state index contributed by atoms with van der Waals surface area (Å²) >= 11 is 0. The molecule has 1 aliphatic heterocycles. The molecule has 0 radical (unpaired) electrons. The van der Waals surface area contributed by atoms with Crippen molar-refractivity contribution in [2.24, 2.45) is 0 Å². The maximum Gasteiger partial charge on any atom is 0.236 e. The summed E-state index contributed by atoms with van der Waals surface area (Å²) in [4.78, 5) is 17.7. The van der Waals surface area contributed by atoms with Crippen molar-refractivity contribution >= 4 is 11.7 Å². The second kappa shape index (κ2) is 7.15. The minimum Gasteiger partial charge on any atom is -0.454 e. The molecule has 6 nitrogen and oxygen atoms in total. The van der Waals surface area contributed by atoms with E-state index in [1.807, 2.05) is 61.5 Å². The fourth-order valence-corrected chi connectivity index (χ4v) is 3.93. The number of ether oxygens (including phenoxy) is 2. The van der Waals surface area contributed by atoms with Gasteiger partial charge in [-0.3, -0.25) is 4.79 Å². The van der Waals surface area contributed by atoms with E-state index < -0.39 is 5.41 Å². The summed E-state index contributed by atoms with van der Waals surface area (Å²) in [5, 5.41) is 12.2. The van der Waals surface area contributed by atoms with Gasteiger partial charge in [0.05, 0.1) is 12.0 Å². The molecule has 2 aliphatic rings. The molecule has 1 saturated carbocycles. The minimum atomic E-state index is -0.532. The van der Waals surface area contributed by atoms with Gasteiger partial charge in [0, 0.05) is 12.7 Å². The number of pyridine rings is 1. The fraction of sp³-hybridized carbons (Fsp3) is 0.250. The van der Waals surface area contributed by atoms with Gasteiger partial charge in [-0.25, -0.2) is 4.98 Å². The molecule has 0 unspecified atom stereocenters. The lowest BCUT2D eigenvalue weighted by Crippen LogP contribution is -2.28. The highest BCUT2D eigenvalue weighted by Gasteiger charge is 2.51. The number of aryl methyl sites for hydroxylation is 1. The Morgan fingerprint density at radius 2 is 1.87 bits per heavy atom. The Labute approximate surface area is 176 Å². The van der Waals surface area contributed by atoms with E-state index >= 15 is 0 Å². The third-order valence-electron chi connectivity index (χ3n) is 5.88. The molecule has 5 rings (SSSR count). The number of benzene rings is 2. The van der Waals surface area contributed by atoms with Gasteiger partial charge in [0.2, 0.25) is 12.7 Å². The van der Waals surface area contributed by atoms with E-state index in [4.69, 9.17) is 9.47 Å². The quantitative estimate of drug-likeness (QED) is 0.666. The van der Waals surface area contributed by atoms with E-state index in [9.17, 15) is 9.90 Å². The molecule has 30 heavy (non-hydrogen) atoms. The number of carbonyl (C=O) groups is 1. The maximum atomic E-state index is 13.1. The van der Waals surface area contributed by atoms with E-state index in [1.54, 1.807) is 0 Å². The Hall–Kier alpha value is -3.38. The normalized spacial score (nSPS) is 15.7. The van der Waals surface area contributed by atoms with E-state index in [0.717, 1.165) is 46.5 Å². The van der Waals surface area contributed by atoms with Crippen molar-refractivity contribution in [3.05, 3.63) is 71.4 Å². The third-order valence-corrected chi connectivity index (χ3v) is 5.88. The van der Waals surface area contributed by atoms with E-state index in [-0.39, 0.29) is 20.7 Å². The second-order valence-corrected chi connectivity index (χ2v) is 7.79. The van der Waals surface area contributed by atoms with Crippen LogP contribution >= 0.6 is 0 Å². The Morgan fingerprint density at radius 3 is 2.57 bits per heavy atom. The van der Waals surface area contributed by atoms with Crippen molar-refractivity contribution in [2.45, 2.75) is 31.8 Å². The summed E-state index contributed by atoms with van der Waals surface area (Å²) in [5.74, 6) is 1.90. The van der Waals surface area contributed by atoms with Gasteiger partial charge in [0.15, 0.2) is 11.5 Å². The predicted octanol–water partition coefficient (Wildman–Crippen LogP) is 4.19. The van der Waals surface area contributed by atoms with E-state index in [0.29, 0.717) is 11.6 Å². The second-order valence-electron chi connectivity index (χ2n) is 7.79. The molecule has 154 valence electrons. The first-order chi connectivity index (χ1) is 14.6. The van der Waals surface area contributed by atoms with Crippen molar-refractivity contribution in [1.82, 2.24) is 4.98 Å². The fourth-order valence-electron chi connectivity index (χ4n) is 3.93. The van der Waals surface area contributed by atoms with Crippen LogP contribution in [0.5, 0.6) is 11.5 Å². The first-order valence-electron chi connectivity index (χ1n) is 9.98. The number of aromatic nitrogens is 1. The van der Waals surface area contributed by atoms with E-state index in [1.165, 1.54) is 0 Å². The van der Waals surface area contributed by atoms with Crippen LogP contribution in [0, 0.1) is 6.92 Å². The highest BCUT2D eigenvalue weighted by atomic mass is 16.7. The van der Waals surface area contributed by atoms with Gasteiger partial charge in [0.25, 0.3) is 0 Å². The van der Waals surface area contributed by atoms with Crippen LogP contribution in [0.2, 0.25) is 0 Å². The highest BCUT2D eigenvalue weighted by Crippen LogP contribution is 2.51. The SMILES string of the molecule is Cc1nc(NC(=O)C2(c3ccc4c(c3)OCO4)CC2)ccc1-c1ccc(CO)cc1.[HH]. The molecule has 0 spiro atoms. The molecule has 1 aliphatic carbocycles. The maximum absolute atomic E-state index is 13.1. The Bertz CT molecular complexity index is 1130. The molecule has 1 amide bonds. The van der Waals surface area contributed by atoms with Crippen LogP contribution < -0.4 is 14.8 Å². The standard InChI is InChI=1S/C24H22N2O4.H2/c1-15-19(17-4-2-16(13-27)3-5-17)7-9-22(25-15)26-23(28)24(10-11-24)18-6-8-20-21(12-18)30-14-29-20;/h2-9,12,27H,10-11,13-14H2,1H3,(H,25,26,28);1H. The van der Waals surface area contributed by atoms with Gasteiger partial charge in [-0.2, -0.15) is 0 Å². The molecule has 2 heterocycles. The molecule has 2 N–H and O–H groups in total. The number of nitrogens with one attached hydrogen (secondary N) is 1. The lowest BCUT2D eigenvalue weighted by molar-refractivity contribution is -0.118. The average Bonchev–Trinajstić information content (AvgIpc) is 3.45. The summed E-state index contributed by atoms with van der Waals surface area (Å²) in [6.07, 6.45) is 1.60. The minimum absolute atomic E-state index is 0. The van der Waals surface area contributed by atoms with Crippen LogP contribution in [-0.2, 0) is 16.8 Å². The van der Waals surface area contributed by atoms with Crippen molar-refractivity contribution in [2.75, 3.05) is 12.1 Å². The molecule has 2 aromatic carbocycles. The smallest absolute Gasteiger partial charge is 0.236 e. The number of amides is 1. The van der Waals surface area contributed by atoms with E-state index in [2.05, 4.69) is 10.3 Å². The lowest BCUT2D eigenvalue weighted by atomic mass is 9.94. The number of aliphatic hydroxyl groups excluding tert-OH is 1. The number of nitrogens with zero attached hydrogens (tertiary/aromatic N) is 1. The number of rotatable bonds is 5. The monoisotopic (exact) mass is 404 g/mol. The molecular weight excluding hydrogens is 380 g/mol. The Kier molecular flexibility index (Phi) is 4.44. The van der Waals surface area contributed by atoms with Gasteiger partial charge < -0.3 is 19.9 Å². The molecule has 3 aromatic rings. The predicted molar refractivity (Wildman–Crippen MR) is 115 cm³/mol. The first-order valence-corrected chi connectivity index (χ1v) is 9.98. The number of anilines is 1. The molecule has 1 aromatic heterocycles. The van der Waals surface area contributed by atoms with Crippen molar-refractivity contribution in [1.29, 1.82) is 0 Å². The first kappa shape index (κ1) is 18.6. The molecule has 0 bridgehead atoms. The number of fused-ring (bicyclic) bond motifs is 1. The highest BCUT2D eigenvalue weighted by molar-refractivity contribution is 6.01. The summed E-state index contributed by atoms with van der Waals surface area (Å²) in [6.45, 7) is 2.17. The molecule has 0 saturated heterocycles. The van der Waals surface area contributed by atoms with Crippen LogP contribution in [0.15, 0.2) is 54.6 Å². The Balaban J connectivity index is 0.00000231. The number of hydrogen-bond acceptors (Lipinski definition) is 5. The average molecular weight is 404 g/mol. The van der Waals surface area contributed by atoms with Crippen LogP contribution in [0.25, 0.3) is 11.1 Å². The van der Waals surface area contributed by atoms with Gasteiger partial charge in [-0.15, -0.1) is 0 Å². The topological polar surface area (TPSA) is 80.7 Å². The zero-order chi connectivity index (χ0) is 20.7. The lowest BCUT2D eigenvalue weighted by Gasteiger charge is -2.16. The van der Waals surface area contributed by atoms with Crippen LogP contribution in [0.3, 0.4) is 0 Å². The summed E-state index contributed by atoms with van der Waals surface area (Å²) in [7, 11) is 0. The number of carbonyl (C=O) groups excluding carboxylic acids is 1. The van der Waals surface area contributed by atoms with Gasteiger partial charge in [-0.05, 0) is 60.7 Å².